The van der Waals surface area contributed by atoms with Crippen LogP contribution in [0.1, 0.15) is 17.4 Å². The molecule has 1 aromatic heterocycles. The molecule has 0 unspecified atom stereocenters. The van der Waals surface area contributed by atoms with E-state index in [2.05, 4.69) is 10.3 Å². The standard InChI is InChI=1S/C9H12N2O/c1-9(5-10-6-9)8(12)7-3-2-4-11-7/h2-4,10-11H,5-6H2,1H3. The Morgan fingerprint density at radius 3 is 2.75 bits per heavy atom. The van der Waals surface area contributed by atoms with Crippen LogP contribution in [-0.2, 0) is 0 Å². The minimum atomic E-state index is -0.176. The Kier molecular flexibility index (Phi) is 1.54. The van der Waals surface area contributed by atoms with Gasteiger partial charge in [0.1, 0.15) is 0 Å². The maximum Gasteiger partial charge on any atom is 0.187 e. The van der Waals surface area contributed by atoms with Crippen LogP contribution in [0.3, 0.4) is 0 Å². The number of H-pyrrole nitrogens is 1. The molecule has 1 aliphatic rings. The molecule has 0 radical (unpaired) electrons. The summed E-state index contributed by atoms with van der Waals surface area (Å²) in [6.07, 6.45) is 1.78. The van der Waals surface area contributed by atoms with Crippen molar-refractivity contribution in [3.8, 4) is 0 Å². The van der Waals surface area contributed by atoms with Gasteiger partial charge >= 0.3 is 0 Å². The molecular weight excluding hydrogens is 152 g/mol. The van der Waals surface area contributed by atoms with Gasteiger partial charge in [-0.25, -0.2) is 0 Å². The van der Waals surface area contributed by atoms with Gasteiger partial charge in [-0.15, -0.1) is 0 Å². The monoisotopic (exact) mass is 164 g/mol. The predicted molar refractivity (Wildman–Crippen MR) is 46.1 cm³/mol. The molecule has 3 nitrogen and oxygen atoms in total. The van der Waals surface area contributed by atoms with Crippen molar-refractivity contribution in [1.82, 2.24) is 10.3 Å². The molecule has 0 atom stereocenters. The van der Waals surface area contributed by atoms with Gasteiger partial charge in [0.15, 0.2) is 5.78 Å². The molecule has 2 heterocycles. The Morgan fingerprint density at radius 1 is 1.58 bits per heavy atom. The van der Waals surface area contributed by atoms with Crippen LogP contribution >= 0.6 is 0 Å². The van der Waals surface area contributed by atoms with E-state index < -0.39 is 0 Å². The van der Waals surface area contributed by atoms with Gasteiger partial charge in [0, 0.05) is 19.3 Å². The van der Waals surface area contributed by atoms with E-state index in [0.717, 1.165) is 18.8 Å². The van der Waals surface area contributed by atoms with Gasteiger partial charge in [-0.1, -0.05) is 0 Å². The van der Waals surface area contributed by atoms with Crippen LogP contribution in [0.2, 0.25) is 0 Å². The van der Waals surface area contributed by atoms with Crippen molar-refractivity contribution in [3.05, 3.63) is 24.0 Å². The molecule has 1 saturated heterocycles. The fourth-order valence-corrected chi connectivity index (χ4v) is 1.46. The third-order valence-electron chi connectivity index (χ3n) is 2.42. The van der Waals surface area contributed by atoms with Crippen molar-refractivity contribution < 1.29 is 4.79 Å². The van der Waals surface area contributed by atoms with E-state index in [-0.39, 0.29) is 11.2 Å². The minimum Gasteiger partial charge on any atom is -0.359 e. The second-order valence-corrected chi connectivity index (χ2v) is 3.58. The van der Waals surface area contributed by atoms with E-state index in [0.29, 0.717) is 0 Å². The second-order valence-electron chi connectivity index (χ2n) is 3.58. The Labute approximate surface area is 71.2 Å². The highest BCUT2D eigenvalue weighted by Gasteiger charge is 2.39. The summed E-state index contributed by atoms with van der Waals surface area (Å²) in [4.78, 5) is 14.7. The fourth-order valence-electron chi connectivity index (χ4n) is 1.46. The zero-order valence-corrected chi connectivity index (χ0v) is 7.05. The van der Waals surface area contributed by atoms with E-state index in [1.807, 2.05) is 19.1 Å². The molecule has 1 aromatic rings. The van der Waals surface area contributed by atoms with Crippen LogP contribution < -0.4 is 5.32 Å². The van der Waals surface area contributed by atoms with Crippen LogP contribution in [0.5, 0.6) is 0 Å². The van der Waals surface area contributed by atoms with Gasteiger partial charge in [-0.2, -0.15) is 0 Å². The number of rotatable bonds is 2. The van der Waals surface area contributed by atoms with Crippen LogP contribution in [0, 0.1) is 5.41 Å². The molecule has 0 amide bonds. The van der Waals surface area contributed by atoms with Crippen molar-refractivity contribution in [3.63, 3.8) is 0 Å². The highest BCUT2D eigenvalue weighted by molar-refractivity contribution is 5.99. The normalized spacial score (nSPS) is 20.1. The average Bonchev–Trinajstić information content (AvgIpc) is 2.50. The first-order chi connectivity index (χ1) is 5.72. The number of aromatic amines is 1. The zero-order valence-electron chi connectivity index (χ0n) is 7.05. The summed E-state index contributed by atoms with van der Waals surface area (Å²) in [5, 5.41) is 3.11. The smallest absolute Gasteiger partial charge is 0.187 e. The fraction of sp³-hybridized carbons (Fsp3) is 0.444. The topological polar surface area (TPSA) is 44.9 Å². The van der Waals surface area contributed by atoms with Gasteiger partial charge in [0.2, 0.25) is 0 Å². The Morgan fingerprint density at radius 2 is 2.33 bits per heavy atom. The van der Waals surface area contributed by atoms with Gasteiger partial charge in [0.25, 0.3) is 0 Å². The van der Waals surface area contributed by atoms with Crippen molar-refractivity contribution >= 4 is 5.78 Å². The van der Waals surface area contributed by atoms with Crippen molar-refractivity contribution in [1.29, 1.82) is 0 Å². The molecule has 0 bridgehead atoms. The predicted octanol–water partition coefficient (Wildman–Crippen LogP) is 0.807. The van der Waals surface area contributed by atoms with Gasteiger partial charge in [-0.3, -0.25) is 4.79 Å². The number of aromatic nitrogens is 1. The summed E-state index contributed by atoms with van der Waals surface area (Å²) in [6, 6.07) is 3.68. The summed E-state index contributed by atoms with van der Waals surface area (Å²) in [5.74, 6) is 0.214. The summed E-state index contributed by atoms with van der Waals surface area (Å²) in [6.45, 7) is 3.59. The summed E-state index contributed by atoms with van der Waals surface area (Å²) < 4.78 is 0. The number of Topliss-reactive ketones (excluding diaryl/α,β-unsaturated/α-hetero) is 1. The van der Waals surface area contributed by atoms with Crippen molar-refractivity contribution in [2.45, 2.75) is 6.92 Å². The quantitative estimate of drug-likeness (QED) is 0.635. The van der Waals surface area contributed by atoms with E-state index in [9.17, 15) is 4.79 Å². The van der Waals surface area contributed by atoms with E-state index in [1.54, 1.807) is 6.20 Å². The maximum absolute atomic E-state index is 11.7. The second kappa shape index (κ2) is 2.45. The van der Waals surface area contributed by atoms with Crippen molar-refractivity contribution in [2.75, 3.05) is 13.1 Å². The SMILES string of the molecule is CC1(C(=O)c2ccc[nH]2)CNC1. The third kappa shape index (κ3) is 0.975. The largest absolute Gasteiger partial charge is 0.359 e. The molecule has 3 heteroatoms. The molecule has 1 aliphatic heterocycles. The Balaban J connectivity index is 2.20. The molecule has 0 aliphatic carbocycles. The minimum absolute atomic E-state index is 0.176. The average molecular weight is 164 g/mol. The van der Waals surface area contributed by atoms with Crippen molar-refractivity contribution in [2.24, 2.45) is 5.41 Å². The summed E-state index contributed by atoms with van der Waals surface area (Å²) in [5.41, 5.74) is 0.546. The van der Waals surface area contributed by atoms with Crippen LogP contribution in [0.25, 0.3) is 0 Å². The lowest BCUT2D eigenvalue weighted by Gasteiger charge is -2.37. The number of carbonyl (C=O) groups is 1. The van der Waals surface area contributed by atoms with Gasteiger partial charge < -0.3 is 10.3 Å². The summed E-state index contributed by atoms with van der Waals surface area (Å²) >= 11 is 0. The number of hydrogen-bond acceptors (Lipinski definition) is 2. The highest BCUT2D eigenvalue weighted by atomic mass is 16.1. The van der Waals surface area contributed by atoms with E-state index in [1.165, 1.54) is 0 Å². The molecule has 1 fully saturated rings. The zero-order chi connectivity index (χ0) is 8.60. The molecule has 0 spiro atoms. The highest BCUT2D eigenvalue weighted by Crippen LogP contribution is 2.25. The molecule has 2 N–H and O–H groups in total. The molecule has 0 aromatic carbocycles. The first-order valence-corrected chi connectivity index (χ1v) is 4.11. The molecule has 2 rings (SSSR count). The lowest BCUT2D eigenvalue weighted by atomic mass is 9.79. The maximum atomic E-state index is 11.7. The Bertz CT molecular complexity index is 285. The number of ketones is 1. The molecular formula is C9H12N2O. The molecule has 0 saturated carbocycles. The summed E-state index contributed by atoms with van der Waals surface area (Å²) in [7, 11) is 0. The van der Waals surface area contributed by atoms with Crippen LogP contribution in [-0.4, -0.2) is 23.9 Å². The van der Waals surface area contributed by atoms with Crippen LogP contribution in [0.15, 0.2) is 18.3 Å². The number of carbonyl (C=O) groups excluding carboxylic acids is 1. The number of hydrogen-bond donors (Lipinski definition) is 2. The van der Waals surface area contributed by atoms with Gasteiger partial charge in [0.05, 0.1) is 11.1 Å². The Hall–Kier alpha value is -1.09. The molecule has 64 valence electrons. The lowest BCUT2D eigenvalue weighted by molar-refractivity contribution is 0.0716. The molecule has 12 heavy (non-hydrogen) atoms. The first kappa shape index (κ1) is 7.55. The first-order valence-electron chi connectivity index (χ1n) is 4.11. The van der Waals surface area contributed by atoms with Gasteiger partial charge in [-0.05, 0) is 19.1 Å². The van der Waals surface area contributed by atoms with Crippen LogP contribution in [0.4, 0.5) is 0 Å². The third-order valence-corrected chi connectivity index (χ3v) is 2.42. The lowest BCUT2D eigenvalue weighted by Crippen LogP contribution is -2.56. The number of nitrogens with one attached hydrogen (secondary N) is 2. The van der Waals surface area contributed by atoms with E-state index in [4.69, 9.17) is 0 Å². The van der Waals surface area contributed by atoms with E-state index >= 15 is 0 Å².